The van der Waals surface area contributed by atoms with Gasteiger partial charge in [0.05, 0.1) is 0 Å². The summed E-state index contributed by atoms with van der Waals surface area (Å²) >= 11 is 12.2. The number of benzene rings is 1. The third-order valence-corrected chi connectivity index (χ3v) is 4.99. The van der Waals surface area contributed by atoms with E-state index in [-0.39, 0.29) is 0 Å². The van der Waals surface area contributed by atoms with Crippen LogP contribution in [0.5, 0.6) is 0 Å². The van der Waals surface area contributed by atoms with Crippen LogP contribution in [0.3, 0.4) is 0 Å². The largest absolute Gasteiger partial charge is 0.327 e. The van der Waals surface area contributed by atoms with Gasteiger partial charge in [0.15, 0.2) is 0 Å². The van der Waals surface area contributed by atoms with Crippen molar-refractivity contribution in [2.45, 2.75) is 25.4 Å². The van der Waals surface area contributed by atoms with E-state index in [4.69, 9.17) is 28.9 Å². The van der Waals surface area contributed by atoms with Gasteiger partial charge in [0, 0.05) is 35.7 Å². The molecule has 0 aromatic heterocycles. The van der Waals surface area contributed by atoms with Crippen molar-refractivity contribution in [3.05, 3.63) is 33.8 Å². The first-order chi connectivity index (χ1) is 8.63. The fourth-order valence-corrected chi connectivity index (χ4v) is 3.81. The number of likely N-dealkylation sites (tertiary alicyclic amines) is 1. The summed E-state index contributed by atoms with van der Waals surface area (Å²) in [5.74, 6) is 1.47. The average Bonchev–Trinajstić information content (AvgIpc) is 2.87. The summed E-state index contributed by atoms with van der Waals surface area (Å²) < 4.78 is 0. The topological polar surface area (TPSA) is 29.3 Å². The fourth-order valence-electron chi connectivity index (χ4n) is 3.43. The predicted octanol–water partition coefficient (Wildman–Crippen LogP) is 3.16. The summed E-state index contributed by atoms with van der Waals surface area (Å²) in [5, 5.41) is 1.56. The van der Waals surface area contributed by atoms with Crippen LogP contribution in [0.4, 0.5) is 0 Å². The first kappa shape index (κ1) is 12.7. The first-order valence-corrected chi connectivity index (χ1v) is 7.31. The standard InChI is InChI=1S/C14H18Cl2N2/c15-11-2-3-13(16)10(5-11)7-18-6-9-1-4-14(17)12(9)8-18/h2-3,5,9,12,14H,1,4,6-8,17H2. The maximum absolute atomic E-state index is 6.21. The Kier molecular flexibility index (Phi) is 3.55. The number of fused-ring (bicyclic) bond motifs is 1. The molecule has 0 amide bonds. The number of rotatable bonds is 2. The van der Waals surface area contributed by atoms with Crippen molar-refractivity contribution in [1.29, 1.82) is 0 Å². The highest BCUT2D eigenvalue weighted by Crippen LogP contribution is 2.38. The van der Waals surface area contributed by atoms with Crippen LogP contribution in [0.15, 0.2) is 18.2 Å². The van der Waals surface area contributed by atoms with Crippen LogP contribution < -0.4 is 5.73 Å². The van der Waals surface area contributed by atoms with Crippen LogP contribution in [-0.4, -0.2) is 24.0 Å². The van der Waals surface area contributed by atoms with Gasteiger partial charge in [-0.15, -0.1) is 0 Å². The number of hydrogen-bond donors (Lipinski definition) is 1. The Balaban J connectivity index is 1.69. The highest BCUT2D eigenvalue weighted by Gasteiger charge is 2.40. The molecule has 3 unspecified atom stereocenters. The minimum absolute atomic E-state index is 0.398. The van der Waals surface area contributed by atoms with Crippen LogP contribution in [0.25, 0.3) is 0 Å². The maximum atomic E-state index is 6.21. The monoisotopic (exact) mass is 284 g/mol. The Morgan fingerprint density at radius 3 is 2.83 bits per heavy atom. The molecule has 98 valence electrons. The molecule has 0 bridgehead atoms. The summed E-state index contributed by atoms with van der Waals surface area (Å²) in [7, 11) is 0. The first-order valence-electron chi connectivity index (χ1n) is 6.55. The summed E-state index contributed by atoms with van der Waals surface area (Å²) in [5.41, 5.74) is 7.28. The average molecular weight is 285 g/mol. The summed E-state index contributed by atoms with van der Waals surface area (Å²) in [6, 6.07) is 6.08. The molecule has 3 rings (SSSR count). The van der Waals surface area contributed by atoms with Gasteiger partial charge in [0.25, 0.3) is 0 Å². The Morgan fingerprint density at radius 1 is 1.22 bits per heavy atom. The van der Waals surface area contributed by atoms with Gasteiger partial charge in [0.1, 0.15) is 0 Å². The second-order valence-corrected chi connectivity index (χ2v) is 6.44. The second-order valence-electron chi connectivity index (χ2n) is 5.59. The lowest BCUT2D eigenvalue weighted by molar-refractivity contribution is 0.298. The predicted molar refractivity (Wildman–Crippen MR) is 75.9 cm³/mol. The SMILES string of the molecule is NC1CCC2CN(Cc3cc(Cl)ccc3Cl)CC12. The van der Waals surface area contributed by atoms with Crippen LogP contribution in [0.2, 0.25) is 10.0 Å². The summed E-state index contributed by atoms with van der Waals surface area (Å²) in [4.78, 5) is 2.46. The van der Waals surface area contributed by atoms with E-state index >= 15 is 0 Å². The molecule has 3 atom stereocenters. The maximum Gasteiger partial charge on any atom is 0.0452 e. The minimum Gasteiger partial charge on any atom is -0.327 e. The van der Waals surface area contributed by atoms with Crippen molar-refractivity contribution in [3.8, 4) is 0 Å². The highest BCUT2D eigenvalue weighted by atomic mass is 35.5. The Morgan fingerprint density at radius 2 is 2.06 bits per heavy atom. The van der Waals surface area contributed by atoms with Gasteiger partial charge in [-0.25, -0.2) is 0 Å². The number of halogens is 2. The lowest BCUT2D eigenvalue weighted by atomic mass is 9.98. The lowest BCUT2D eigenvalue weighted by Crippen LogP contribution is -2.30. The van der Waals surface area contributed by atoms with Crippen molar-refractivity contribution < 1.29 is 0 Å². The molecule has 0 spiro atoms. The normalized spacial score (nSPS) is 31.8. The quantitative estimate of drug-likeness (QED) is 0.904. The van der Waals surface area contributed by atoms with E-state index in [0.29, 0.717) is 12.0 Å². The molecule has 1 heterocycles. The van der Waals surface area contributed by atoms with Crippen molar-refractivity contribution >= 4 is 23.2 Å². The molecular weight excluding hydrogens is 267 g/mol. The van der Waals surface area contributed by atoms with Gasteiger partial charge in [0.2, 0.25) is 0 Å². The highest BCUT2D eigenvalue weighted by molar-refractivity contribution is 6.33. The van der Waals surface area contributed by atoms with E-state index in [1.165, 1.54) is 12.8 Å². The molecule has 0 radical (unpaired) electrons. The van der Waals surface area contributed by atoms with E-state index in [2.05, 4.69) is 4.90 Å². The smallest absolute Gasteiger partial charge is 0.0452 e. The van der Waals surface area contributed by atoms with E-state index in [1.807, 2.05) is 18.2 Å². The zero-order valence-corrected chi connectivity index (χ0v) is 11.8. The molecule has 2 N–H and O–H groups in total. The second kappa shape index (κ2) is 5.01. The number of nitrogens with zero attached hydrogens (tertiary/aromatic N) is 1. The fraction of sp³-hybridized carbons (Fsp3) is 0.571. The molecule has 2 aliphatic rings. The van der Waals surface area contributed by atoms with Crippen LogP contribution >= 0.6 is 23.2 Å². The molecule has 1 aliphatic carbocycles. The minimum atomic E-state index is 0.398. The Hall–Kier alpha value is -0.280. The van der Waals surface area contributed by atoms with Gasteiger partial charge in [-0.3, -0.25) is 4.90 Å². The lowest BCUT2D eigenvalue weighted by Gasteiger charge is -2.19. The summed E-state index contributed by atoms with van der Waals surface area (Å²) in [6.45, 7) is 3.15. The van der Waals surface area contributed by atoms with Crippen molar-refractivity contribution in [2.24, 2.45) is 17.6 Å². The van der Waals surface area contributed by atoms with Crippen molar-refractivity contribution in [1.82, 2.24) is 4.90 Å². The molecule has 18 heavy (non-hydrogen) atoms. The van der Waals surface area contributed by atoms with E-state index < -0.39 is 0 Å². The van der Waals surface area contributed by atoms with Gasteiger partial charge < -0.3 is 5.73 Å². The molecule has 1 saturated carbocycles. The third-order valence-electron chi connectivity index (χ3n) is 4.39. The Bertz CT molecular complexity index is 449. The third kappa shape index (κ3) is 2.39. The van der Waals surface area contributed by atoms with E-state index in [0.717, 1.165) is 41.2 Å². The van der Waals surface area contributed by atoms with Crippen LogP contribution in [0, 0.1) is 11.8 Å². The van der Waals surface area contributed by atoms with Gasteiger partial charge in [-0.1, -0.05) is 23.2 Å². The molecule has 1 saturated heterocycles. The van der Waals surface area contributed by atoms with Crippen LogP contribution in [0.1, 0.15) is 18.4 Å². The van der Waals surface area contributed by atoms with Crippen molar-refractivity contribution in [2.75, 3.05) is 13.1 Å². The summed E-state index contributed by atoms with van der Waals surface area (Å²) in [6.07, 6.45) is 2.48. The zero-order chi connectivity index (χ0) is 12.7. The van der Waals surface area contributed by atoms with Gasteiger partial charge >= 0.3 is 0 Å². The Labute approximate surface area is 118 Å². The molecule has 1 aromatic rings. The zero-order valence-electron chi connectivity index (χ0n) is 10.3. The molecule has 2 fully saturated rings. The molecule has 1 aromatic carbocycles. The van der Waals surface area contributed by atoms with E-state index in [1.54, 1.807) is 0 Å². The van der Waals surface area contributed by atoms with Gasteiger partial charge in [-0.05, 0) is 48.4 Å². The van der Waals surface area contributed by atoms with Crippen molar-refractivity contribution in [3.63, 3.8) is 0 Å². The molecule has 1 aliphatic heterocycles. The number of nitrogens with two attached hydrogens (primary N) is 1. The molecule has 2 nitrogen and oxygen atoms in total. The van der Waals surface area contributed by atoms with E-state index in [9.17, 15) is 0 Å². The van der Waals surface area contributed by atoms with Gasteiger partial charge in [-0.2, -0.15) is 0 Å². The molecular formula is C14H18Cl2N2. The van der Waals surface area contributed by atoms with Crippen LogP contribution in [-0.2, 0) is 6.54 Å². The number of hydrogen-bond acceptors (Lipinski definition) is 2. The molecule has 4 heteroatoms.